The fraction of sp³-hybridized carbons (Fsp3) is 0. The smallest absolute Gasteiger partial charge is 0.320 e. The summed E-state index contributed by atoms with van der Waals surface area (Å²) < 4.78 is 0.550. The maximum Gasteiger partial charge on any atom is 0.344 e. The first kappa shape index (κ1) is 15.7. The van der Waals surface area contributed by atoms with Crippen molar-refractivity contribution in [1.29, 1.82) is 0 Å². The highest BCUT2D eigenvalue weighted by Gasteiger charge is 2.15. The minimum absolute atomic E-state index is 0.00685. The highest BCUT2D eigenvalue weighted by atomic mass is 32.2. The van der Waals surface area contributed by atoms with E-state index in [9.17, 15) is 14.9 Å². The number of nitrogens with one attached hydrogen (secondary N) is 1. The molecule has 3 aromatic rings. The first-order valence-corrected chi connectivity index (χ1v) is 8.87. The van der Waals surface area contributed by atoms with Gasteiger partial charge in [0.15, 0.2) is 4.34 Å². The number of para-hydroxylation sites is 1. The van der Waals surface area contributed by atoms with E-state index in [1.54, 1.807) is 12.1 Å². The highest BCUT2D eigenvalue weighted by Crippen LogP contribution is 2.37. The minimum atomic E-state index is -0.466. The second-order valence-electron chi connectivity index (χ2n) is 4.25. The van der Waals surface area contributed by atoms with E-state index >= 15 is 0 Å². The van der Waals surface area contributed by atoms with Crippen molar-refractivity contribution in [2.24, 2.45) is 0 Å². The van der Waals surface area contributed by atoms with Crippen LogP contribution in [-0.4, -0.2) is 15.8 Å². The number of anilines is 1. The summed E-state index contributed by atoms with van der Waals surface area (Å²) in [4.78, 5) is 27.8. The maximum absolute atomic E-state index is 12.2. The van der Waals surface area contributed by atoms with Crippen LogP contribution in [0.15, 0.2) is 57.2 Å². The SMILES string of the molecule is O=C(Nc1ccccc1Sc1ncc([N+](=O)[O-])s1)c1cccs1. The molecule has 0 aliphatic carbocycles. The molecular weight excluding hydrogens is 354 g/mol. The molecule has 1 amide bonds. The lowest BCUT2D eigenvalue weighted by atomic mass is 10.3. The van der Waals surface area contributed by atoms with Crippen molar-refractivity contribution in [1.82, 2.24) is 4.98 Å². The molecule has 0 fully saturated rings. The Kier molecular flexibility index (Phi) is 4.70. The van der Waals surface area contributed by atoms with Crippen molar-refractivity contribution in [3.05, 3.63) is 63.0 Å². The summed E-state index contributed by atoms with van der Waals surface area (Å²) in [6.07, 6.45) is 1.24. The lowest BCUT2D eigenvalue weighted by Gasteiger charge is -2.08. The number of hydrogen-bond acceptors (Lipinski definition) is 7. The lowest BCUT2D eigenvalue weighted by molar-refractivity contribution is -0.380. The van der Waals surface area contributed by atoms with Crippen LogP contribution >= 0.6 is 34.4 Å². The van der Waals surface area contributed by atoms with Gasteiger partial charge >= 0.3 is 5.00 Å². The van der Waals surface area contributed by atoms with E-state index in [1.807, 2.05) is 29.6 Å². The van der Waals surface area contributed by atoms with E-state index in [0.29, 0.717) is 14.9 Å². The molecule has 1 N–H and O–H groups in total. The van der Waals surface area contributed by atoms with Crippen molar-refractivity contribution in [3.8, 4) is 0 Å². The molecule has 9 heteroatoms. The van der Waals surface area contributed by atoms with Crippen LogP contribution < -0.4 is 5.32 Å². The Balaban J connectivity index is 1.80. The Labute approximate surface area is 143 Å². The Hall–Kier alpha value is -2.23. The zero-order valence-electron chi connectivity index (χ0n) is 11.5. The van der Waals surface area contributed by atoms with Gasteiger partial charge in [-0.05, 0) is 34.9 Å². The fourth-order valence-electron chi connectivity index (χ4n) is 1.73. The standard InChI is InChI=1S/C14H9N3O3S3/c18-13(11-6-3-7-21-11)16-9-4-1-2-5-10(9)22-14-15-8-12(23-14)17(19)20/h1-8H,(H,16,18). The van der Waals surface area contributed by atoms with Crippen molar-refractivity contribution >= 4 is 51.0 Å². The minimum Gasteiger partial charge on any atom is -0.320 e. The Morgan fingerprint density at radius 3 is 2.78 bits per heavy atom. The van der Waals surface area contributed by atoms with Crippen LogP contribution in [0.3, 0.4) is 0 Å². The molecule has 2 aromatic heterocycles. The molecule has 0 saturated heterocycles. The highest BCUT2D eigenvalue weighted by molar-refractivity contribution is 8.01. The third kappa shape index (κ3) is 3.76. The van der Waals surface area contributed by atoms with Gasteiger partial charge < -0.3 is 5.32 Å². The molecule has 0 atom stereocenters. The summed E-state index contributed by atoms with van der Waals surface area (Å²) in [6.45, 7) is 0. The van der Waals surface area contributed by atoms with Gasteiger partial charge in [0, 0.05) is 4.90 Å². The van der Waals surface area contributed by atoms with Crippen molar-refractivity contribution in [2.45, 2.75) is 9.24 Å². The Morgan fingerprint density at radius 2 is 2.09 bits per heavy atom. The van der Waals surface area contributed by atoms with Gasteiger partial charge in [0.2, 0.25) is 0 Å². The summed E-state index contributed by atoms with van der Waals surface area (Å²) in [5.41, 5.74) is 0.647. The summed E-state index contributed by atoms with van der Waals surface area (Å²) >= 11 is 3.65. The average Bonchev–Trinajstić information content (AvgIpc) is 3.20. The second kappa shape index (κ2) is 6.90. The molecule has 6 nitrogen and oxygen atoms in total. The number of hydrogen-bond donors (Lipinski definition) is 1. The normalized spacial score (nSPS) is 10.4. The van der Waals surface area contributed by atoms with Crippen LogP contribution in [0.1, 0.15) is 9.67 Å². The number of thiophene rings is 1. The quantitative estimate of drug-likeness (QED) is 0.532. The van der Waals surface area contributed by atoms with Gasteiger partial charge in [-0.3, -0.25) is 14.9 Å². The summed E-state index contributed by atoms with van der Waals surface area (Å²) in [6, 6.07) is 10.8. The van der Waals surface area contributed by atoms with Crippen molar-refractivity contribution in [2.75, 3.05) is 5.32 Å². The average molecular weight is 363 g/mol. The Bertz CT molecular complexity index is 846. The summed E-state index contributed by atoms with van der Waals surface area (Å²) in [5.74, 6) is -0.182. The van der Waals surface area contributed by atoms with Crippen LogP contribution in [0.25, 0.3) is 0 Å². The number of carbonyl (C=O) groups is 1. The topological polar surface area (TPSA) is 85.1 Å². The van der Waals surface area contributed by atoms with E-state index in [-0.39, 0.29) is 10.9 Å². The van der Waals surface area contributed by atoms with Crippen molar-refractivity contribution < 1.29 is 9.72 Å². The Morgan fingerprint density at radius 1 is 1.26 bits per heavy atom. The molecule has 0 bridgehead atoms. The summed E-state index contributed by atoms with van der Waals surface area (Å²) in [5, 5.41) is 15.4. The van der Waals surface area contributed by atoms with Gasteiger partial charge in [-0.15, -0.1) is 11.3 Å². The zero-order chi connectivity index (χ0) is 16.2. The third-order valence-corrected chi connectivity index (χ3v) is 5.70. The predicted octanol–water partition coefficient (Wildman–Crippen LogP) is 4.52. The fourth-order valence-corrected chi connectivity index (χ4v) is 4.17. The van der Waals surface area contributed by atoms with E-state index in [0.717, 1.165) is 16.2 Å². The number of aromatic nitrogens is 1. The van der Waals surface area contributed by atoms with Gasteiger partial charge in [-0.2, -0.15) is 0 Å². The van der Waals surface area contributed by atoms with Crippen LogP contribution in [0.2, 0.25) is 0 Å². The van der Waals surface area contributed by atoms with E-state index < -0.39 is 4.92 Å². The third-order valence-electron chi connectivity index (χ3n) is 2.73. The number of amides is 1. The molecular formula is C14H9N3O3S3. The zero-order valence-corrected chi connectivity index (χ0v) is 13.9. The molecule has 3 rings (SSSR count). The van der Waals surface area contributed by atoms with Crippen LogP contribution in [0, 0.1) is 10.1 Å². The molecule has 116 valence electrons. The first-order valence-electron chi connectivity index (χ1n) is 6.35. The predicted molar refractivity (Wildman–Crippen MR) is 91.6 cm³/mol. The van der Waals surface area contributed by atoms with Gasteiger partial charge in [0.25, 0.3) is 5.91 Å². The molecule has 0 spiro atoms. The number of carbonyl (C=O) groups excluding carboxylic acids is 1. The molecule has 1 aromatic carbocycles. The monoisotopic (exact) mass is 363 g/mol. The number of benzene rings is 1. The van der Waals surface area contributed by atoms with Crippen molar-refractivity contribution in [3.63, 3.8) is 0 Å². The maximum atomic E-state index is 12.2. The number of rotatable bonds is 5. The molecule has 0 aliphatic heterocycles. The molecule has 23 heavy (non-hydrogen) atoms. The van der Waals surface area contributed by atoms with Gasteiger partial charge in [0.1, 0.15) is 6.20 Å². The van der Waals surface area contributed by atoms with E-state index in [2.05, 4.69) is 10.3 Å². The molecule has 0 aliphatic rings. The largest absolute Gasteiger partial charge is 0.344 e. The summed E-state index contributed by atoms with van der Waals surface area (Å²) in [7, 11) is 0. The second-order valence-corrected chi connectivity index (χ2v) is 7.50. The van der Waals surface area contributed by atoms with E-state index in [1.165, 1.54) is 29.3 Å². The van der Waals surface area contributed by atoms with Crippen LogP contribution in [0.5, 0.6) is 0 Å². The lowest BCUT2D eigenvalue weighted by Crippen LogP contribution is -2.10. The van der Waals surface area contributed by atoms with Gasteiger partial charge in [-0.25, -0.2) is 4.98 Å². The van der Waals surface area contributed by atoms with Crippen LogP contribution in [-0.2, 0) is 0 Å². The first-order chi connectivity index (χ1) is 11.1. The molecule has 0 radical (unpaired) electrons. The van der Waals surface area contributed by atoms with Gasteiger partial charge in [0.05, 0.1) is 15.5 Å². The molecule has 2 heterocycles. The molecule has 0 saturated carbocycles. The molecule has 0 unspecified atom stereocenters. The van der Waals surface area contributed by atoms with E-state index in [4.69, 9.17) is 0 Å². The number of nitro groups is 1. The van der Waals surface area contributed by atoms with Crippen LogP contribution in [0.4, 0.5) is 10.7 Å². The van der Waals surface area contributed by atoms with Gasteiger partial charge in [-0.1, -0.05) is 30.0 Å². The number of thiazole rings is 1. The number of nitrogens with zero attached hydrogens (tertiary/aromatic N) is 2.